The van der Waals surface area contributed by atoms with E-state index in [1.54, 1.807) is 0 Å². The lowest BCUT2D eigenvalue weighted by atomic mass is 10.0. The lowest BCUT2D eigenvalue weighted by Crippen LogP contribution is -2.32. The Morgan fingerprint density at radius 1 is 1.24 bits per heavy atom. The highest BCUT2D eigenvalue weighted by Crippen LogP contribution is 2.33. The van der Waals surface area contributed by atoms with Gasteiger partial charge in [-0.05, 0) is 24.8 Å². The van der Waals surface area contributed by atoms with Crippen molar-refractivity contribution in [2.45, 2.75) is 46.6 Å². The van der Waals surface area contributed by atoms with Crippen LogP contribution in [-0.2, 0) is 6.54 Å². The minimum Gasteiger partial charge on any atom is -0.346 e. The van der Waals surface area contributed by atoms with Crippen LogP contribution in [0.25, 0.3) is 0 Å². The quantitative estimate of drug-likeness (QED) is 0.820. The molecule has 0 amide bonds. The Morgan fingerprint density at radius 3 is 2.57 bits per heavy atom. The van der Waals surface area contributed by atoms with Crippen LogP contribution in [0, 0.1) is 5.92 Å². The Bertz CT molecular complexity index is 425. The Kier molecular flexibility index (Phi) is 6.83. The summed E-state index contributed by atoms with van der Waals surface area (Å²) < 4.78 is 0. The van der Waals surface area contributed by atoms with Crippen LogP contribution < -0.4 is 10.2 Å². The van der Waals surface area contributed by atoms with Crippen molar-refractivity contribution >= 4 is 28.2 Å². The molecule has 2 heterocycles. The molecule has 1 aromatic rings. The highest BCUT2D eigenvalue weighted by Gasteiger charge is 2.20. The van der Waals surface area contributed by atoms with Crippen molar-refractivity contribution in [1.29, 1.82) is 0 Å². The van der Waals surface area contributed by atoms with E-state index in [1.807, 2.05) is 11.3 Å². The summed E-state index contributed by atoms with van der Waals surface area (Å²) in [5, 5.41) is 4.83. The van der Waals surface area contributed by atoms with Crippen molar-refractivity contribution in [3.05, 3.63) is 10.6 Å². The highest BCUT2D eigenvalue weighted by atomic mass is 32.2. The van der Waals surface area contributed by atoms with E-state index in [1.165, 1.54) is 27.2 Å². The molecule has 0 radical (unpaired) electrons. The molecule has 0 saturated carbocycles. The first-order valence-electron chi connectivity index (χ1n) is 8.14. The van der Waals surface area contributed by atoms with Crippen LogP contribution in [0.3, 0.4) is 0 Å². The van der Waals surface area contributed by atoms with E-state index in [-0.39, 0.29) is 0 Å². The Balaban J connectivity index is 2.10. The summed E-state index contributed by atoms with van der Waals surface area (Å²) in [5.74, 6) is 3.73. The summed E-state index contributed by atoms with van der Waals surface area (Å²) in [7, 11) is 0. The molecule has 1 saturated heterocycles. The summed E-state index contributed by atoms with van der Waals surface area (Å²) in [6, 6.07) is 0. The third-order valence-electron chi connectivity index (χ3n) is 3.92. The molecule has 21 heavy (non-hydrogen) atoms. The van der Waals surface area contributed by atoms with E-state index < -0.39 is 0 Å². The molecular formula is C16H29N3S2. The second-order valence-electron chi connectivity index (χ2n) is 6.24. The SMILES string of the molecule is CCC(C)c1nc(N2CCSCC2)sc1CNCC(C)C. The minimum absolute atomic E-state index is 0.560. The van der Waals surface area contributed by atoms with Gasteiger partial charge in [-0.3, -0.25) is 0 Å². The molecule has 2 rings (SSSR count). The monoisotopic (exact) mass is 327 g/mol. The summed E-state index contributed by atoms with van der Waals surface area (Å²) >= 11 is 3.96. The van der Waals surface area contributed by atoms with Gasteiger partial charge in [-0.25, -0.2) is 4.98 Å². The lowest BCUT2D eigenvalue weighted by molar-refractivity contribution is 0.551. The van der Waals surface area contributed by atoms with Gasteiger partial charge in [0.15, 0.2) is 5.13 Å². The zero-order valence-electron chi connectivity index (χ0n) is 13.8. The molecule has 5 heteroatoms. The largest absolute Gasteiger partial charge is 0.346 e. The number of rotatable bonds is 7. The van der Waals surface area contributed by atoms with E-state index in [9.17, 15) is 0 Å². The number of hydrogen-bond acceptors (Lipinski definition) is 5. The van der Waals surface area contributed by atoms with Crippen LogP contribution in [0.5, 0.6) is 0 Å². The molecule has 1 fully saturated rings. The van der Waals surface area contributed by atoms with Gasteiger partial charge in [-0.2, -0.15) is 11.8 Å². The van der Waals surface area contributed by atoms with Gasteiger partial charge < -0.3 is 10.2 Å². The van der Waals surface area contributed by atoms with E-state index in [0.29, 0.717) is 11.8 Å². The average molecular weight is 328 g/mol. The topological polar surface area (TPSA) is 28.2 Å². The van der Waals surface area contributed by atoms with Gasteiger partial charge in [0.25, 0.3) is 0 Å². The molecule has 120 valence electrons. The van der Waals surface area contributed by atoms with Crippen molar-refractivity contribution in [2.75, 3.05) is 36.0 Å². The normalized spacial score (nSPS) is 17.5. The average Bonchev–Trinajstić information content (AvgIpc) is 2.91. The van der Waals surface area contributed by atoms with Gasteiger partial charge in [0.05, 0.1) is 5.69 Å². The molecule has 1 aliphatic rings. The van der Waals surface area contributed by atoms with Crippen LogP contribution in [0.15, 0.2) is 0 Å². The van der Waals surface area contributed by atoms with E-state index >= 15 is 0 Å². The maximum Gasteiger partial charge on any atom is 0.185 e. The second-order valence-corrected chi connectivity index (χ2v) is 8.53. The maximum absolute atomic E-state index is 5.00. The number of thiazole rings is 1. The van der Waals surface area contributed by atoms with Gasteiger partial charge in [0, 0.05) is 36.0 Å². The van der Waals surface area contributed by atoms with Gasteiger partial charge in [0.2, 0.25) is 0 Å². The number of nitrogens with zero attached hydrogens (tertiary/aromatic N) is 2. The van der Waals surface area contributed by atoms with E-state index in [0.717, 1.165) is 32.6 Å². The molecular weight excluding hydrogens is 298 g/mol. The van der Waals surface area contributed by atoms with Crippen molar-refractivity contribution in [2.24, 2.45) is 5.92 Å². The van der Waals surface area contributed by atoms with Crippen molar-refractivity contribution in [3.63, 3.8) is 0 Å². The summed E-state index contributed by atoms with van der Waals surface area (Å²) in [5.41, 5.74) is 1.33. The Labute approximate surface area is 137 Å². The number of nitrogens with one attached hydrogen (secondary N) is 1. The third-order valence-corrected chi connectivity index (χ3v) is 5.99. The summed E-state index contributed by atoms with van der Waals surface area (Å²) in [6.07, 6.45) is 1.16. The standard InChI is InChI=1S/C16H29N3S2/c1-5-13(4)15-14(11-17-10-12(2)3)21-16(18-15)19-6-8-20-9-7-19/h12-13,17H,5-11H2,1-4H3. The molecule has 1 N–H and O–H groups in total. The number of aromatic nitrogens is 1. The Hall–Kier alpha value is -0.260. The molecule has 1 aliphatic heterocycles. The van der Waals surface area contributed by atoms with Crippen LogP contribution in [0.2, 0.25) is 0 Å². The summed E-state index contributed by atoms with van der Waals surface area (Å²) in [4.78, 5) is 8.91. The first-order valence-corrected chi connectivity index (χ1v) is 10.1. The molecule has 0 aliphatic carbocycles. The maximum atomic E-state index is 5.00. The predicted octanol–water partition coefficient (Wildman–Crippen LogP) is 3.96. The Morgan fingerprint density at radius 2 is 1.95 bits per heavy atom. The molecule has 0 bridgehead atoms. The number of hydrogen-bond donors (Lipinski definition) is 1. The molecule has 0 spiro atoms. The van der Waals surface area contributed by atoms with Crippen LogP contribution in [0.4, 0.5) is 5.13 Å². The second kappa shape index (κ2) is 8.39. The first kappa shape index (κ1) is 17.1. The molecule has 1 atom stereocenters. The fraction of sp³-hybridized carbons (Fsp3) is 0.812. The van der Waals surface area contributed by atoms with Gasteiger partial charge >= 0.3 is 0 Å². The van der Waals surface area contributed by atoms with Crippen molar-refractivity contribution in [1.82, 2.24) is 10.3 Å². The number of thioether (sulfide) groups is 1. The zero-order chi connectivity index (χ0) is 15.2. The van der Waals surface area contributed by atoms with Crippen molar-refractivity contribution in [3.8, 4) is 0 Å². The molecule has 1 unspecified atom stereocenters. The summed E-state index contributed by atoms with van der Waals surface area (Å²) in [6.45, 7) is 13.4. The van der Waals surface area contributed by atoms with Gasteiger partial charge in [0.1, 0.15) is 0 Å². The smallest absolute Gasteiger partial charge is 0.185 e. The fourth-order valence-electron chi connectivity index (χ4n) is 2.42. The zero-order valence-corrected chi connectivity index (χ0v) is 15.4. The van der Waals surface area contributed by atoms with Gasteiger partial charge in [-0.1, -0.05) is 27.7 Å². The minimum atomic E-state index is 0.560. The highest BCUT2D eigenvalue weighted by molar-refractivity contribution is 7.99. The van der Waals surface area contributed by atoms with Crippen molar-refractivity contribution < 1.29 is 0 Å². The van der Waals surface area contributed by atoms with E-state index in [2.05, 4.69) is 49.7 Å². The van der Waals surface area contributed by atoms with E-state index in [4.69, 9.17) is 4.98 Å². The first-order chi connectivity index (χ1) is 10.1. The van der Waals surface area contributed by atoms with Crippen LogP contribution in [-0.4, -0.2) is 36.1 Å². The third kappa shape index (κ3) is 4.86. The number of anilines is 1. The lowest BCUT2D eigenvalue weighted by Gasteiger charge is -2.25. The molecule has 1 aromatic heterocycles. The van der Waals surface area contributed by atoms with Crippen LogP contribution >= 0.6 is 23.1 Å². The van der Waals surface area contributed by atoms with Crippen LogP contribution in [0.1, 0.15) is 50.6 Å². The van der Waals surface area contributed by atoms with Gasteiger partial charge in [-0.15, -0.1) is 11.3 Å². The predicted molar refractivity (Wildman–Crippen MR) is 96.9 cm³/mol. The molecule has 3 nitrogen and oxygen atoms in total. The molecule has 0 aromatic carbocycles. The fourth-order valence-corrected chi connectivity index (χ4v) is 4.52.